The maximum Gasteiger partial charge on any atom is 0.233 e. The molecule has 1 aromatic carbocycles. The summed E-state index contributed by atoms with van der Waals surface area (Å²) in [6, 6.07) is 8.00. The van der Waals surface area contributed by atoms with Gasteiger partial charge in [-0.2, -0.15) is 0 Å². The molecule has 0 aliphatic rings. The first-order chi connectivity index (χ1) is 9.63. The average Bonchev–Trinajstić information content (AvgIpc) is 2.80. The minimum Gasteiger partial charge on any atom is -0.459 e. The molecule has 4 heteroatoms. The fourth-order valence-corrected chi connectivity index (χ4v) is 2.27. The van der Waals surface area contributed by atoms with Crippen LogP contribution in [-0.2, 0) is 4.79 Å². The Kier molecular flexibility index (Phi) is 4.79. The average molecular weight is 274 g/mol. The van der Waals surface area contributed by atoms with Gasteiger partial charge >= 0.3 is 0 Å². The smallest absolute Gasteiger partial charge is 0.233 e. The van der Waals surface area contributed by atoms with Crippen LogP contribution in [-0.4, -0.2) is 19.0 Å². The summed E-state index contributed by atoms with van der Waals surface area (Å²) in [7, 11) is 0. The van der Waals surface area contributed by atoms with E-state index in [2.05, 4.69) is 23.6 Å². The van der Waals surface area contributed by atoms with Crippen molar-refractivity contribution >= 4 is 16.9 Å². The lowest BCUT2D eigenvalue weighted by atomic mass is 10.1. The molecular formula is C16H22N2O2. The quantitative estimate of drug-likeness (QED) is 0.851. The second kappa shape index (κ2) is 6.57. The lowest BCUT2D eigenvalue weighted by molar-refractivity contribution is -0.120. The van der Waals surface area contributed by atoms with Crippen LogP contribution in [0.1, 0.15) is 37.6 Å². The molecule has 1 heterocycles. The van der Waals surface area contributed by atoms with E-state index in [1.54, 1.807) is 0 Å². The summed E-state index contributed by atoms with van der Waals surface area (Å²) in [5.41, 5.74) is 2.03. The molecule has 20 heavy (non-hydrogen) atoms. The largest absolute Gasteiger partial charge is 0.459 e. The zero-order valence-corrected chi connectivity index (χ0v) is 12.3. The molecule has 1 amide bonds. The first kappa shape index (κ1) is 14.6. The summed E-state index contributed by atoms with van der Waals surface area (Å²) in [6.07, 6.45) is 0.948. The Morgan fingerprint density at radius 1 is 1.35 bits per heavy atom. The number of fused-ring (bicyclic) bond motifs is 1. The third-order valence-corrected chi connectivity index (χ3v) is 3.41. The first-order valence-electron chi connectivity index (χ1n) is 7.11. The van der Waals surface area contributed by atoms with E-state index in [9.17, 15) is 4.79 Å². The molecule has 1 aromatic heterocycles. The molecule has 0 fully saturated rings. The molecule has 1 atom stereocenters. The van der Waals surface area contributed by atoms with Crippen molar-refractivity contribution in [1.82, 2.24) is 10.6 Å². The number of carbonyl (C=O) groups excluding carboxylic acids is 1. The Morgan fingerprint density at radius 2 is 2.10 bits per heavy atom. The van der Waals surface area contributed by atoms with E-state index in [0.717, 1.165) is 35.3 Å². The lowest BCUT2D eigenvalue weighted by Gasteiger charge is -2.12. The van der Waals surface area contributed by atoms with E-state index in [-0.39, 0.29) is 11.9 Å². The normalized spacial score (nSPS) is 12.6. The minimum absolute atomic E-state index is 0.00905. The highest BCUT2D eigenvalue weighted by molar-refractivity contribution is 5.82. The van der Waals surface area contributed by atoms with E-state index < -0.39 is 0 Å². The topological polar surface area (TPSA) is 54.3 Å². The van der Waals surface area contributed by atoms with Gasteiger partial charge in [-0.25, -0.2) is 0 Å². The zero-order chi connectivity index (χ0) is 14.5. The third kappa shape index (κ3) is 3.20. The molecule has 2 rings (SSSR count). The number of amides is 1. The summed E-state index contributed by atoms with van der Waals surface area (Å²) >= 11 is 0. The van der Waals surface area contributed by atoms with Gasteiger partial charge < -0.3 is 9.73 Å². The Balaban J connectivity index is 2.02. The van der Waals surface area contributed by atoms with Crippen LogP contribution >= 0.6 is 0 Å². The predicted molar refractivity (Wildman–Crippen MR) is 80.7 cm³/mol. The van der Waals surface area contributed by atoms with Crippen molar-refractivity contribution in [3.05, 3.63) is 35.6 Å². The Hall–Kier alpha value is -1.81. The molecule has 0 bridgehead atoms. The van der Waals surface area contributed by atoms with E-state index >= 15 is 0 Å². The fraction of sp³-hybridized carbons (Fsp3) is 0.438. The lowest BCUT2D eigenvalue weighted by Crippen LogP contribution is -2.35. The van der Waals surface area contributed by atoms with Gasteiger partial charge in [-0.05, 0) is 31.9 Å². The van der Waals surface area contributed by atoms with Crippen molar-refractivity contribution in [3.63, 3.8) is 0 Å². The summed E-state index contributed by atoms with van der Waals surface area (Å²) in [5.74, 6) is 0.918. The number of nitrogens with one attached hydrogen (secondary N) is 2. The molecule has 2 N–H and O–H groups in total. The summed E-state index contributed by atoms with van der Waals surface area (Å²) in [5, 5.41) is 7.18. The summed E-state index contributed by atoms with van der Waals surface area (Å²) in [6.45, 7) is 7.12. The van der Waals surface area contributed by atoms with Gasteiger partial charge in [0.2, 0.25) is 5.91 Å². The van der Waals surface area contributed by atoms with E-state index in [1.807, 2.05) is 32.0 Å². The van der Waals surface area contributed by atoms with Gasteiger partial charge in [0.25, 0.3) is 0 Å². The van der Waals surface area contributed by atoms with Gasteiger partial charge in [-0.15, -0.1) is 0 Å². The number of benzene rings is 1. The molecule has 0 aliphatic carbocycles. The van der Waals surface area contributed by atoms with Crippen molar-refractivity contribution in [2.24, 2.45) is 0 Å². The summed E-state index contributed by atoms with van der Waals surface area (Å²) < 4.78 is 5.88. The number of hydrogen-bond acceptors (Lipinski definition) is 3. The maximum absolute atomic E-state index is 11.6. The van der Waals surface area contributed by atoms with Gasteiger partial charge in [0.15, 0.2) is 0 Å². The molecule has 0 saturated heterocycles. The Bertz CT molecular complexity index is 589. The Morgan fingerprint density at radius 3 is 2.80 bits per heavy atom. The number of para-hydroxylation sites is 1. The van der Waals surface area contributed by atoms with Crippen molar-refractivity contribution in [3.8, 4) is 0 Å². The molecule has 108 valence electrons. The number of carbonyl (C=O) groups is 1. The van der Waals surface area contributed by atoms with Gasteiger partial charge in [0, 0.05) is 11.9 Å². The van der Waals surface area contributed by atoms with Crippen LogP contribution in [0.25, 0.3) is 11.0 Å². The van der Waals surface area contributed by atoms with Gasteiger partial charge in [0.05, 0.1) is 12.6 Å². The second-order valence-corrected chi connectivity index (χ2v) is 5.04. The highest BCUT2D eigenvalue weighted by atomic mass is 16.3. The predicted octanol–water partition coefficient (Wildman–Crippen LogP) is 2.92. The van der Waals surface area contributed by atoms with Crippen molar-refractivity contribution in [2.45, 2.75) is 33.2 Å². The van der Waals surface area contributed by atoms with Crippen molar-refractivity contribution in [2.75, 3.05) is 13.1 Å². The Labute approximate surface area is 119 Å². The van der Waals surface area contributed by atoms with E-state index in [1.165, 1.54) is 0 Å². The highest BCUT2D eigenvalue weighted by Crippen LogP contribution is 2.28. The van der Waals surface area contributed by atoms with E-state index in [4.69, 9.17) is 4.42 Å². The van der Waals surface area contributed by atoms with Gasteiger partial charge in [0.1, 0.15) is 11.3 Å². The zero-order valence-electron chi connectivity index (χ0n) is 12.3. The first-order valence-corrected chi connectivity index (χ1v) is 7.11. The van der Waals surface area contributed by atoms with Gasteiger partial charge in [-0.3, -0.25) is 10.1 Å². The van der Waals surface area contributed by atoms with Crippen LogP contribution in [0.15, 0.2) is 28.7 Å². The van der Waals surface area contributed by atoms with Crippen LogP contribution in [0.4, 0.5) is 0 Å². The van der Waals surface area contributed by atoms with Crippen LogP contribution in [0.2, 0.25) is 0 Å². The molecular weight excluding hydrogens is 252 g/mol. The van der Waals surface area contributed by atoms with Crippen molar-refractivity contribution in [1.29, 1.82) is 0 Å². The molecule has 0 aliphatic heterocycles. The highest BCUT2D eigenvalue weighted by Gasteiger charge is 2.16. The number of rotatable bonds is 6. The molecule has 2 aromatic rings. The third-order valence-electron chi connectivity index (χ3n) is 3.41. The summed E-state index contributed by atoms with van der Waals surface area (Å²) in [4.78, 5) is 11.6. The van der Waals surface area contributed by atoms with Crippen LogP contribution in [0.5, 0.6) is 0 Å². The van der Waals surface area contributed by atoms with Crippen LogP contribution < -0.4 is 10.6 Å². The molecule has 0 radical (unpaired) electrons. The molecule has 1 unspecified atom stereocenters. The molecule has 0 spiro atoms. The molecule has 4 nitrogen and oxygen atoms in total. The van der Waals surface area contributed by atoms with Crippen molar-refractivity contribution < 1.29 is 9.21 Å². The second-order valence-electron chi connectivity index (χ2n) is 5.04. The van der Waals surface area contributed by atoms with Crippen LogP contribution in [0.3, 0.4) is 0 Å². The maximum atomic E-state index is 11.6. The van der Waals surface area contributed by atoms with Gasteiger partial charge in [-0.1, -0.05) is 25.1 Å². The van der Waals surface area contributed by atoms with E-state index in [0.29, 0.717) is 6.54 Å². The monoisotopic (exact) mass is 274 g/mol. The number of furan rings is 1. The standard InChI is InChI=1S/C16H22N2O2/c1-4-9-17-15(19)10-18-12(3)16-11(2)13-7-5-6-8-14(13)20-16/h5-8,12,18H,4,9-10H2,1-3H3,(H,17,19). The number of aryl methyl sites for hydroxylation is 1. The molecule has 0 saturated carbocycles. The minimum atomic E-state index is 0.00905. The van der Waals surface area contributed by atoms with Crippen LogP contribution in [0, 0.1) is 6.92 Å². The SMILES string of the molecule is CCCNC(=O)CNC(C)c1oc2ccccc2c1C. The fourth-order valence-electron chi connectivity index (χ4n) is 2.27. The number of hydrogen-bond donors (Lipinski definition) is 2.